The minimum atomic E-state index is -1.52. The highest BCUT2D eigenvalue weighted by Crippen LogP contribution is 2.56. The SMILES string of the molecule is COc1ccc(F)cc1C1(CC(O)(CF)Cc2cc3ccccc3[nH]2)CC1. The summed E-state index contributed by atoms with van der Waals surface area (Å²) in [6, 6.07) is 14.1. The first-order valence-electron chi connectivity index (χ1n) is 9.16. The summed E-state index contributed by atoms with van der Waals surface area (Å²) in [4.78, 5) is 3.25. The van der Waals surface area contributed by atoms with Gasteiger partial charge >= 0.3 is 0 Å². The van der Waals surface area contributed by atoms with Gasteiger partial charge in [0, 0.05) is 28.6 Å². The van der Waals surface area contributed by atoms with Gasteiger partial charge in [-0.15, -0.1) is 0 Å². The van der Waals surface area contributed by atoms with Crippen molar-refractivity contribution in [3.05, 3.63) is 65.6 Å². The number of fused-ring (bicyclic) bond motifs is 1. The Hall–Kier alpha value is -2.40. The third-order valence-corrected chi connectivity index (χ3v) is 5.61. The number of rotatable bonds is 7. The molecule has 1 aromatic heterocycles. The second kappa shape index (κ2) is 6.64. The van der Waals surface area contributed by atoms with Gasteiger partial charge in [-0.05, 0) is 55.0 Å². The molecule has 3 aromatic rings. The van der Waals surface area contributed by atoms with Crippen LogP contribution in [0, 0.1) is 5.82 Å². The minimum absolute atomic E-state index is 0.178. The molecule has 27 heavy (non-hydrogen) atoms. The van der Waals surface area contributed by atoms with Crippen molar-refractivity contribution in [2.45, 2.75) is 36.7 Å². The van der Waals surface area contributed by atoms with Gasteiger partial charge in [0.2, 0.25) is 0 Å². The van der Waals surface area contributed by atoms with Gasteiger partial charge in [-0.25, -0.2) is 8.78 Å². The number of alkyl halides is 1. The number of hydrogen-bond donors (Lipinski definition) is 2. The van der Waals surface area contributed by atoms with Gasteiger partial charge in [0.1, 0.15) is 18.2 Å². The van der Waals surface area contributed by atoms with Crippen molar-refractivity contribution in [1.82, 2.24) is 4.98 Å². The maximum atomic E-state index is 13.9. The predicted molar refractivity (Wildman–Crippen MR) is 101 cm³/mol. The summed E-state index contributed by atoms with van der Waals surface area (Å²) in [5.41, 5.74) is 0.503. The van der Waals surface area contributed by atoms with Crippen molar-refractivity contribution in [2.75, 3.05) is 13.8 Å². The van der Waals surface area contributed by atoms with Crippen LogP contribution in [0.3, 0.4) is 0 Å². The van der Waals surface area contributed by atoms with Crippen LogP contribution < -0.4 is 4.74 Å². The number of aromatic amines is 1. The third kappa shape index (κ3) is 3.44. The summed E-state index contributed by atoms with van der Waals surface area (Å²) >= 11 is 0. The number of aromatic nitrogens is 1. The summed E-state index contributed by atoms with van der Waals surface area (Å²) in [7, 11) is 1.54. The first-order chi connectivity index (χ1) is 13.0. The zero-order valence-corrected chi connectivity index (χ0v) is 15.3. The molecule has 2 N–H and O–H groups in total. The molecule has 0 aliphatic heterocycles. The van der Waals surface area contributed by atoms with Crippen LogP contribution in [0.1, 0.15) is 30.5 Å². The molecule has 1 atom stereocenters. The van der Waals surface area contributed by atoms with Crippen molar-refractivity contribution >= 4 is 10.9 Å². The molecule has 142 valence electrons. The number of nitrogens with one attached hydrogen (secondary N) is 1. The van der Waals surface area contributed by atoms with Crippen LogP contribution in [0.15, 0.2) is 48.5 Å². The number of aliphatic hydroxyl groups is 1. The molecule has 2 aromatic carbocycles. The van der Waals surface area contributed by atoms with E-state index in [9.17, 15) is 13.9 Å². The van der Waals surface area contributed by atoms with Gasteiger partial charge in [0.25, 0.3) is 0 Å². The van der Waals surface area contributed by atoms with Gasteiger partial charge in [-0.1, -0.05) is 18.2 Å². The molecule has 0 bridgehead atoms. The number of para-hydroxylation sites is 1. The van der Waals surface area contributed by atoms with E-state index in [4.69, 9.17) is 4.74 Å². The fourth-order valence-electron chi connectivity index (χ4n) is 4.16. The van der Waals surface area contributed by atoms with Crippen LogP contribution in [0.2, 0.25) is 0 Å². The molecule has 1 saturated carbocycles. The van der Waals surface area contributed by atoms with E-state index >= 15 is 0 Å². The van der Waals surface area contributed by atoms with Crippen LogP contribution in [-0.2, 0) is 11.8 Å². The number of H-pyrrole nitrogens is 1. The third-order valence-electron chi connectivity index (χ3n) is 5.61. The van der Waals surface area contributed by atoms with E-state index < -0.39 is 17.7 Å². The number of benzene rings is 2. The quantitative estimate of drug-likeness (QED) is 0.633. The van der Waals surface area contributed by atoms with Crippen LogP contribution in [0.25, 0.3) is 10.9 Å². The average molecular weight is 371 g/mol. The molecular weight excluding hydrogens is 348 g/mol. The molecule has 1 aliphatic rings. The molecule has 0 spiro atoms. The van der Waals surface area contributed by atoms with Gasteiger partial charge in [0.05, 0.1) is 12.7 Å². The lowest BCUT2D eigenvalue weighted by Crippen LogP contribution is -2.38. The lowest BCUT2D eigenvalue weighted by Gasteiger charge is -2.30. The first-order valence-corrected chi connectivity index (χ1v) is 9.16. The van der Waals surface area contributed by atoms with Crippen molar-refractivity contribution in [3.63, 3.8) is 0 Å². The molecule has 5 heteroatoms. The zero-order valence-electron chi connectivity index (χ0n) is 15.3. The van der Waals surface area contributed by atoms with E-state index in [1.807, 2.05) is 30.3 Å². The molecule has 1 heterocycles. The fourth-order valence-corrected chi connectivity index (χ4v) is 4.16. The monoisotopic (exact) mass is 371 g/mol. The Morgan fingerprint density at radius 3 is 2.63 bits per heavy atom. The topological polar surface area (TPSA) is 45.2 Å². The Morgan fingerprint density at radius 2 is 1.96 bits per heavy atom. The zero-order chi connectivity index (χ0) is 19.1. The van der Waals surface area contributed by atoms with E-state index in [2.05, 4.69) is 4.98 Å². The molecule has 4 rings (SSSR count). The van der Waals surface area contributed by atoms with Crippen molar-refractivity contribution < 1.29 is 18.6 Å². The van der Waals surface area contributed by atoms with Crippen molar-refractivity contribution in [2.24, 2.45) is 0 Å². The minimum Gasteiger partial charge on any atom is -0.496 e. The van der Waals surface area contributed by atoms with E-state index in [1.54, 1.807) is 13.2 Å². The molecule has 0 amide bonds. The maximum Gasteiger partial charge on any atom is 0.123 e. The highest BCUT2D eigenvalue weighted by molar-refractivity contribution is 5.80. The predicted octanol–water partition coefficient (Wildman–Crippen LogP) is 4.68. The number of halogens is 2. The Kier molecular flexibility index (Phi) is 4.42. The Balaban J connectivity index is 1.61. The lowest BCUT2D eigenvalue weighted by atomic mass is 9.81. The molecule has 0 radical (unpaired) electrons. The molecule has 0 saturated heterocycles. The first kappa shape index (κ1) is 18.0. The van der Waals surface area contributed by atoms with Crippen LogP contribution in [0.5, 0.6) is 5.75 Å². The van der Waals surface area contributed by atoms with E-state index in [0.29, 0.717) is 11.3 Å². The molecule has 3 nitrogen and oxygen atoms in total. The largest absolute Gasteiger partial charge is 0.496 e. The Bertz CT molecular complexity index is 931. The molecular formula is C22H23F2NO2. The van der Waals surface area contributed by atoms with Crippen LogP contribution in [-0.4, -0.2) is 29.5 Å². The summed E-state index contributed by atoms with van der Waals surface area (Å²) in [6.07, 6.45) is 1.97. The van der Waals surface area contributed by atoms with Gasteiger partial charge in [-0.3, -0.25) is 0 Å². The molecule has 1 unspecified atom stereocenters. The fraction of sp³-hybridized carbons (Fsp3) is 0.364. The summed E-state index contributed by atoms with van der Waals surface area (Å²) in [5, 5.41) is 12.1. The Labute approximate surface area is 157 Å². The second-order valence-corrected chi connectivity index (χ2v) is 7.72. The average Bonchev–Trinajstić information content (AvgIpc) is 3.32. The van der Waals surface area contributed by atoms with E-state index in [-0.39, 0.29) is 18.7 Å². The summed E-state index contributed by atoms with van der Waals surface area (Å²) in [5.74, 6) is 0.234. The van der Waals surface area contributed by atoms with Gasteiger partial charge in [-0.2, -0.15) is 0 Å². The van der Waals surface area contributed by atoms with Crippen LogP contribution >= 0.6 is 0 Å². The van der Waals surface area contributed by atoms with Gasteiger partial charge in [0.15, 0.2) is 0 Å². The number of hydrogen-bond acceptors (Lipinski definition) is 2. The smallest absolute Gasteiger partial charge is 0.123 e. The number of methoxy groups -OCH3 is 1. The number of ether oxygens (including phenoxy) is 1. The highest BCUT2D eigenvalue weighted by atomic mass is 19.1. The van der Waals surface area contributed by atoms with Crippen LogP contribution in [0.4, 0.5) is 8.78 Å². The highest BCUT2D eigenvalue weighted by Gasteiger charge is 2.51. The van der Waals surface area contributed by atoms with Gasteiger partial charge < -0.3 is 14.8 Å². The lowest BCUT2D eigenvalue weighted by molar-refractivity contribution is -0.00233. The maximum absolute atomic E-state index is 13.9. The Morgan fingerprint density at radius 1 is 1.19 bits per heavy atom. The molecule has 1 fully saturated rings. The second-order valence-electron chi connectivity index (χ2n) is 7.72. The van der Waals surface area contributed by atoms with Crippen molar-refractivity contribution in [3.8, 4) is 5.75 Å². The summed E-state index contributed by atoms with van der Waals surface area (Å²) < 4.78 is 33.2. The summed E-state index contributed by atoms with van der Waals surface area (Å²) in [6.45, 7) is -0.859. The normalized spacial score (nSPS) is 17.6. The standard InChI is InChI=1S/C22H23F2NO2/c1-27-20-7-6-16(24)11-18(20)21(8-9-21)13-22(26,14-23)12-17-10-15-4-2-3-5-19(15)25-17/h2-7,10-11,25-26H,8-9,12-14H2,1H3. The van der Waals surface area contributed by atoms with E-state index in [1.165, 1.54) is 12.1 Å². The van der Waals surface area contributed by atoms with E-state index in [0.717, 1.165) is 29.4 Å². The van der Waals surface area contributed by atoms with Crippen molar-refractivity contribution in [1.29, 1.82) is 0 Å². The molecule has 1 aliphatic carbocycles.